The lowest BCUT2D eigenvalue weighted by molar-refractivity contribution is 0.557. The van der Waals surface area contributed by atoms with Crippen molar-refractivity contribution in [1.29, 1.82) is 0 Å². The largest absolute Gasteiger partial charge is 0.457 e. The van der Waals surface area contributed by atoms with Gasteiger partial charge in [-0.1, -0.05) is 36.4 Å². The summed E-state index contributed by atoms with van der Waals surface area (Å²) in [6, 6.07) is 19.5. The molecule has 106 valence electrons. The van der Waals surface area contributed by atoms with Crippen molar-refractivity contribution in [2.75, 3.05) is 0 Å². The Balaban J connectivity index is 1.59. The van der Waals surface area contributed by atoms with E-state index in [-0.39, 0.29) is 0 Å². The van der Waals surface area contributed by atoms with Crippen LogP contribution in [-0.4, -0.2) is 10.2 Å². The second-order valence-corrected chi connectivity index (χ2v) is 4.83. The van der Waals surface area contributed by atoms with Crippen LogP contribution >= 0.6 is 0 Å². The molecule has 0 saturated heterocycles. The monoisotopic (exact) mass is 288 g/mol. The first-order valence-corrected chi connectivity index (χ1v) is 6.94. The molecule has 2 aromatic heterocycles. The summed E-state index contributed by atoms with van der Waals surface area (Å²) in [5, 5.41) is 9.13. The third kappa shape index (κ3) is 2.42. The van der Waals surface area contributed by atoms with Crippen LogP contribution in [0.25, 0.3) is 34.6 Å². The molecule has 2 aromatic carbocycles. The first-order valence-electron chi connectivity index (χ1n) is 6.94. The van der Waals surface area contributed by atoms with Crippen LogP contribution in [0.5, 0.6) is 0 Å². The lowest BCUT2D eigenvalue weighted by atomic mass is 10.2. The van der Waals surface area contributed by atoms with E-state index in [4.69, 9.17) is 8.83 Å². The minimum absolute atomic E-state index is 0.444. The predicted octanol–water partition coefficient (Wildman–Crippen LogP) is 4.65. The highest BCUT2D eigenvalue weighted by Crippen LogP contribution is 2.21. The summed E-state index contributed by atoms with van der Waals surface area (Å²) in [5.41, 5.74) is 1.76. The molecule has 0 amide bonds. The zero-order valence-electron chi connectivity index (χ0n) is 11.6. The van der Waals surface area contributed by atoms with Crippen LogP contribution in [0.2, 0.25) is 0 Å². The van der Waals surface area contributed by atoms with Gasteiger partial charge in [0.05, 0.1) is 0 Å². The van der Waals surface area contributed by atoms with E-state index in [9.17, 15) is 0 Å². The number of aromatic nitrogens is 2. The fourth-order valence-corrected chi connectivity index (χ4v) is 2.24. The molecule has 0 aliphatic carbocycles. The third-order valence-corrected chi connectivity index (χ3v) is 3.30. The lowest BCUT2D eigenvalue weighted by Gasteiger charge is -1.90. The number of nitrogens with zero attached hydrogens (tertiary/aromatic N) is 2. The third-order valence-electron chi connectivity index (χ3n) is 3.30. The van der Waals surface area contributed by atoms with Gasteiger partial charge in [0.2, 0.25) is 11.8 Å². The molecule has 0 spiro atoms. The molecule has 0 fully saturated rings. The minimum atomic E-state index is 0.444. The SMILES string of the molecule is C(=Cc1nnc(-c2ccccc2)o1)c1cc2ccccc2o1. The van der Waals surface area contributed by atoms with Gasteiger partial charge < -0.3 is 8.83 Å². The molecule has 0 aliphatic rings. The number of rotatable bonds is 3. The fourth-order valence-electron chi connectivity index (χ4n) is 2.24. The average Bonchev–Trinajstić information content (AvgIpc) is 3.20. The summed E-state index contributed by atoms with van der Waals surface area (Å²) >= 11 is 0. The van der Waals surface area contributed by atoms with Crippen molar-refractivity contribution in [3.8, 4) is 11.5 Å². The molecule has 22 heavy (non-hydrogen) atoms. The van der Waals surface area contributed by atoms with Gasteiger partial charge in [0.1, 0.15) is 11.3 Å². The van der Waals surface area contributed by atoms with E-state index >= 15 is 0 Å². The van der Waals surface area contributed by atoms with Gasteiger partial charge in [-0.05, 0) is 30.3 Å². The van der Waals surface area contributed by atoms with Gasteiger partial charge >= 0.3 is 0 Å². The smallest absolute Gasteiger partial charge is 0.248 e. The summed E-state index contributed by atoms with van der Waals surface area (Å²) in [5.74, 6) is 1.70. The Morgan fingerprint density at radius 2 is 1.59 bits per heavy atom. The Hall–Kier alpha value is -3.14. The Kier molecular flexibility index (Phi) is 3.05. The molecule has 0 radical (unpaired) electrons. The van der Waals surface area contributed by atoms with E-state index in [1.54, 1.807) is 6.08 Å². The summed E-state index contributed by atoms with van der Waals surface area (Å²) in [6.07, 6.45) is 3.57. The second kappa shape index (κ2) is 5.33. The Bertz CT molecular complexity index is 903. The molecular weight excluding hydrogens is 276 g/mol. The fraction of sp³-hybridized carbons (Fsp3) is 0. The van der Waals surface area contributed by atoms with Crippen molar-refractivity contribution < 1.29 is 8.83 Å². The standard InChI is InChI=1S/C18H12N2O2/c1-2-6-13(7-3-1)18-20-19-17(22-18)11-10-15-12-14-8-4-5-9-16(14)21-15/h1-12H. The van der Waals surface area contributed by atoms with Crippen molar-refractivity contribution in [3.05, 3.63) is 72.3 Å². The Morgan fingerprint density at radius 1 is 0.773 bits per heavy atom. The predicted molar refractivity (Wildman–Crippen MR) is 84.9 cm³/mol. The minimum Gasteiger partial charge on any atom is -0.457 e. The number of hydrogen-bond acceptors (Lipinski definition) is 4. The number of benzene rings is 2. The molecule has 2 heterocycles. The highest BCUT2D eigenvalue weighted by atomic mass is 16.4. The number of hydrogen-bond donors (Lipinski definition) is 0. The highest BCUT2D eigenvalue weighted by Gasteiger charge is 2.06. The number of para-hydroxylation sites is 1. The number of fused-ring (bicyclic) bond motifs is 1. The van der Waals surface area contributed by atoms with Crippen LogP contribution < -0.4 is 0 Å². The number of furan rings is 1. The van der Waals surface area contributed by atoms with Crippen LogP contribution in [0, 0.1) is 0 Å². The summed E-state index contributed by atoms with van der Waals surface area (Å²) in [6.45, 7) is 0. The molecule has 0 unspecified atom stereocenters. The maximum absolute atomic E-state index is 5.70. The van der Waals surface area contributed by atoms with Crippen LogP contribution in [0.3, 0.4) is 0 Å². The Morgan fingerprint density at radius 3 is 2.45 bits per heavy atom. The van der Waals surface area contributed by atoms with Crippen molar-refractivity contribution in [2.45, 2.75) is 0 Å². The molecule has 4 rings (SSSR count). The van der Waals surface area contributed by atoms with E-state index in [2.05, 4.69) is 10.2 Å². The van der Waals surface area contributed by atoms with Crippen LogP contribution in [-0.2, 0) is 0 Å². The van der Waals surface area contributed by atoms with Crippen molar-refractivity contribution in [3.63, 3.8) is 0 Å². The first-order chi connectivity index (χ1) is 10.9. The average molecular weight is 288 g/mol. The molecule has 4 heteroatoms. The van der Waals surface area contributed by atoms with Crippen molar-refractivity contribution in [1.82, 2.24) is 10.2 Å². The van der Waals surface area contributed by atoms with Gasteiger partial charge in [-0.2, -0.15) is 0 Å². The summed E-state index contributed by atoms with van der Waals surface area (Å²) < 4.78 is 11.3. The molecule has 4 aromatic rings. The van der Waals surface area contributed by atoms with Crippen LogP contribution in [0.4, 0.5) is 0 Å². The Labute approximate surface area is 126 Å². The van der Waals surface area contributed by atoms with Gasteiger partial charge in [0, 0.05) is 17.0 Å². The normalized spacial score (nSPS) is 11.5. The summed E-state index contributed by atoms with van der Waals surface area (Å²) in [4.78, 5) is 0. The van der Waals surface area contributed by atoms with Crippen LogP contribution in [0.1, 0.15) is 11.7 Å². The molecule has 0 aliphatic heterocycles. The summed E-state index contributed by atoms with van der Waals surface area (Å²) in [7, 11) is 0. The first kappa shape index (κ1) is 12.6. The lowest BCUT2D eigenvalue weighted by Crippen LogP contribution is -1.75. The van der Waals surface area contributed by atoms with E-state index in [0.717, 1.165) is 22.3 Å². The molecule has 0 bridgehead atoms. The molecular formula is C18H12N2O2. The highest BCUT2D eigenvalue weighted by molar-refractivity contribution is 5.81. The molecule has 4 nitrogen and oxygen atoms in total. The van der Waals surface area contributed by atoms with Crippen molar-refractivity contribution in [2.24, 2.45) is 0 Å². The van der Waals surface area contributed by atoms with Gasteiger partial charge in [0.25, 0.3) is 0 Å². The van der Waals surface area contributed by atoms with E-state index < -0.39 is 0 Å². The molecule has 0 saturated carbocycles. The van der Waals surface area contributed by atoms with Gasteiger partial charge in [-0.25, -0.2) is 0 Å². The van der Waals surface area contributed by atoms with E-state index in [1.165, 1.54) is 0 Å². The zero-order valence-corrected chi connectivity index (χ0v) is 11.6. The zero-order chi connectivity index (χ0) is 14.8. The topological polar surface area (TPSA) is 52.1 Å². The van der Waals surface area contributed by atoms with E-state index in [0.29, 0.717) is 11.8 Å². The van der Waals surface area contributed by atoms with Crippen LogP contribution in [0.15, 0.2) is 69.5 Å². The quantitative estimate of drug-likeness (QED) is 0.550. The molecule has 0 atom stereocenters. The second-order valence-electron chi connectivity index (χ2n) is 4.83. The van der Waals surface area contributed by atoms with E-state index in [1.807, 2.05) is 66.7 Å². The van der Waals surface area contributed by atoms with Gasteiger partial charge in [0.15, 0.2) is 0 Å². The van der Waals surface area contributed by atoms with Gasteiger partial charge in [-0.15, -0.1) is 10.2 Å². The molecule has 0 N–H and O–H groups in total. The van der Waals surface area contributed by atoms with Gasteiger partial charge in [-0.3, -0.25) is 0 Å². The van der Waals surface area contributed by atoms with Crippen molar-refractivity contribution >= 4 is 23.1 Å². The maximum atomic E-state index is 5.70. The maximum Gasteiger partial charge on any atom is 0.248 e.